The first kappa shape index (κ1) is 16.4. The number of aromatic nitrogens is 1. The van der Waals surface area contributed by atoms with Crippen LogP contribution in [0.5, 0.6) is 0 Å². The van der Waals surface area contributed by atoms with E-state index in [1.165, 1.54) is 0 Å². The molecule has 1 aromatic heterocycles. The van der Waals surface area contributed by atoms with Crippen molar-refractivity contribution in [2.24, 2.45) is 11.8 Å². The number of nitrogens with one attached hydrogen (secondary N) is 1. The maximum absolute atomic E-state index is 9.12. The Kier molecular flexibility index (Phi) is 7.36. The number of rotatable bonds is 8. The molecule has 2 N–H and O–H groups in total. The first-order valence-electron chi connectivity index (χ1n) is 6.99. The zero-order chi connectivity index (χ0) is 14.3. The van der Waals surface area contributed by atoms with Gasteiger partial charge in [-0.3, -0.25) is 0 Å². The minimum absolute atomic E-state index is 0.176. The molecule has 1 rings (SSSR count). The third-order valence-corrected chi connectivity index (χ3v) is 3.63. The molecule has 0 spiro atoms. The summed E-state index contributed by atoms with van der Waals surface area (Å²) in [5, 5.41) is 13.2. The van der Waals surface area contributed by atoms with Gasteiger partial charge >= 0.3 is 0 Å². The fourth-order valence-corrected chi connectivity index (χ4v) is 2.61. The van der Waals surface area contributed by atoms with Crippen molar-refractivity contribution in [2.75, 3.05) is 13.2 Å². The van der Waals surface area contributed by atoms with Crippen LogP contribution in [0, 0.1) is 11.8 Å². The molecule has 0 aliphatic carbocycles. The standard InChI is InChI=1S/C15H25ClN2O/c1-11(2)9-13(6-8-19)10-18-12(3)14-5-4-7-17-15(14)16/h4-5,7,11-13,18-19H,6,8-10H2,1-3H3. The smallest absolute Gasteiger partial charge is 0.133 e. The molecule has 0 saturated heterocycles. The summed E-state index contributed by atoms with van der Waals surface area (Å²) < 4.78 is 0. The molecule has 108 valence electrons. The summed E-state index contributed by atoms with van der Waals surface area (Å²) in [7, 11) is 0. The van der Waals surface area contributed by atoms with Crippen LogP contribution in [0.4, 0.5) is 0 Å². The highest BCUT2D eigenvalue weighted by Crippen LogP contribution is 2.21. The van der Waals surface area contributed by atoms with Crippen LogP contribution in [0.25, 0.3) is 0 Å². The Labute approximate surface area is 121 Å². The lowest BCUT2D eigenvalue weighted by Crippen LogP contribution is -2.27. The van der Waals surface area contributed by atoms with E-state index < -0.39 is 0 Å². The largest absolute Gasteiger partial charge is 0.396 e. The van der Waals surface area contributed by atoms with Crippen LogP contribution in [-0.2, 0) is 0 Å². The average Bonchev–Trinajstić information content (AvgIpc) is 2.36. The lowest BCUT2D eigenvalue weighted by molar-refractivity contribution is 0.237. The molecule has 0 aliphatic rings. The average molecular weight is 285 g/mol. The van der Waals surface area contributed by atoms with Crippen LogP contribution >= 0.6 is 11.6 Å². The Hall–Kier alpha value is -0.640. The second-order valence-electron chi connectivity index (χ2n) is 5.52. The fraction of sp³-hybridized carbons (Fsp3) is 0.667. The van der Waals surface area contributed by atoms with Crippen molar-refractivity contribution in [1.82, 2.24) is 10.3 Å². The normalized spacial score (nSPS) is 14.6. The van der Waals surface area contributed by atoms with Crippen molar-refractivity contribution in [2.45, 2.75) is 39.7 Å². The van der Waals surface area contributed by atoms with E-state index in [4.69, 9.17) is 16.7 Å². The van der Waals surface area contributed by atoms with Crippen molar-refractivity contribution in [3.8, 4) is 0 Å². The molecule has 1 heterocycles. The molecule has 0 radical (unpaired) electrons. The third kappa shape index (κ3) is 5.89. The van der Waals surface area contributed by atoms with Crippen molar-refractivity contribution in [3.05, 3.63) is 29.0 Å². The van der Waals surface area contributed by atoms with Crippen molar-refractivity contribution < 1.29 is 5.11 Å². The number of aliphatic hydroxyl groups excluding tert-OH is 1. The molecule has 3 nitrogen and oxygen atoms in total. The van der Waals surface area contributed by atoms with Crippen LogP contribution in [-0.4, -0.2) is 23.2 Å². The highest BCUT2D eigenvalue weighted by molar-refractivity contribution is 6.30. The van der Waals surface area contributed by atoms with Gasteiger partial charge in [0, 0.05) is 24.4 Å². The molecule has 2 unspecified atom stereocenters. The summed E-state index contributed by atoms with van der Waals surface area (Å²) in [6.45, 7) is 7.66. The molecule has 0 saturated carbocycles. The van der Waals surface area contributed by atoms with E-state index >= 15 is 0 Å². The molecule has 1 aromatic rings. The van der Waals surface area contributed by atoms with E-state index in [-0.39, 0.29) is 12.6 Å². The van der Waals surface area contributed by atoms with E-state index in [9.17, 15) is 0 Å². The highest BCUT2D eigenvalue weighted by Gasteiger charge is 2.14. The van der Waals surface area contributed by atoms with Gasteiger partial charge < -0.3 is 10.4 Å². The predicted molar refractivity (Wildman–Crippen MR) is 80.3 cm³/mol. The van der Waals surface area contributed by atoms with Gasteiger partial charge in [-0.2, -0.15) is 0 Å². The Morgan fingerprint density at radius 1 is 1.37 bits per heavy atom. The lowest BCUT2D eigenvalue weighted by Gasteiger charge is -2.22. The summed E-state index contributed by atoms with van der Waals surface area (Å²) in [4.78, 5) is 4.10. The second-order valence-corrected chi connectivity index (χ2v) is 5.88. The van der Waals surface area contributed by atoms with E-state index in [1.807, 2.05) is 12.1 Å². The number of pyridine rings is 1. The monoisotopic (exact) mass is 284 g/mol. The van der Waals surface area contributed by atoms with Gasteiger partial charge in [0.25, 0.3) is 0 Å². The topological polar surface area (TPSA) is 45.1 Å². The van der Waals surface area contributed by atoms with Crippen LogP contribution < -0.4 is 5.32 Å². The minimum Gasteiger partial charge on any atom is -0.396 e. The molecule has 4 heteroatoms. The number of nitrogens with zero attached hydrogens (tertiary/aromatic N) is 1. The summed E-state index contributed by atoms with van der Waals surface area (Å²) in [5.41, 5.74) is 1.02. The highest BCUT2D eigenvalue weighted by atomic mass is 35.5. The van der Waals surface area contributed by atoms with Gasteiger partial charge in [0.2, 0.25) is 0 Å². The summed E-state index contributed by atoms with van der Waals surface area (Å²) in [6.07, 6.45) is 3.67. The number of hydrogen-bond acceptors (Lipinski definition) is 3. The van der Waals surface area contributed by atoms with E-state index in [2.05, 4.69) is 31.1 Å². The first-order chi connectivity index (χ1) is 9.04. The molecular formula is C15H25ClN2O. The molecular weight excluding hydrogens is 260 g/mol. The summed E-state index contributed by atoms with van der Waals surface area (Å²) in [6, 6.07) is 4.07. The Morgan fingerprint density at radius 3 is 2.68 bits per heavy atom. The van der Waals surface area contributed by atoms with E-state index in [0.29, 0.717) is 17.0 Å². The minimum atomic E-state index is 0.176. The Bertz CT molecular complexity index is 371. The quantitative estimate of drug-likeness (QED) is 0.719. The zero-order valence-electron chi connectivity index (χ0n) is 12.1. The fourth-order valence-electron chi connectivity index (χ4n) is 2.33. The van der Waals surface area contributed by atoms with Crippen LogP contribution in [0.3, 0.4) is 0 Å². The van der Waals surface area contributed by atoms with Crippen LogP contribution in [0.15, 0.2) is 18.3 Å². The molecule has 0 fully saturated rings. The van der Waals surface area contributed by atoms with Gasteiger partial charge in [-0.05, 0) is 44.2 Å². The zero-order valence-corrected chi connectivity index (χ0v) is 12.8. The van der Waals surface area contributed by atoms with E-state index in [1.54, 1.807) is 6.20 Å². The number of hydrogen-bond donors (Lipinski definition) is 2. The van der Waals surface area contributed by atoms with Gasteiger partial charge in [-0.25, -0.2) is 4.98 Å². The third-order valence-electron chi connectivity index (χ3n) is 3.31. The SMILES string of the molecule is CC(C)CC(CCO)CNC(C)c1cccnc1Cl. The number of halogens is 1. The maximum Gasteiger partial charge on any atom is 0.133 e. The molecule has 0 aliphatic heterocycles. The second kappa shape index (κ2) is 8.51. The van der Waals surface area contributed by atoms with Crippen LogP contribution in [0.1, 0.15) is 45.2 Å². The van der Waals surface area contributed by atoms with Crippen molar-refractivity contribution in [1.29, 1.82) is 0 Å². The molecule has 0 amide bonds. The van der Waals surface area contributed by atoms with Gasteiger partial charge in [-0.15, -0.1) is 0 Å². The summed E-state index contributed by atoms with van der Waals surface area (Å²) >= 11 is 6.09. The molecule has 0 aromatic carbocycles. The maximum atomic E-state index is 9.12. The van der Waals surface area contributed by atoms with Crippen molar-refractivity contribution in [3.63, 3.8) is 0 Å². The first-order valence-corrected chi connectivity index (χ1v) is 7.37. The van der Waals surface area contributed by atoms with E-state index in [0.717, 1.165) is 24.9 Å². The van der Waals surface area contributed by atoms with Gasteiger partial charge in [0.1, 0.15) is 5.15 Å². The summed E-state index contributed by atoms with van der Waals surface area (Å²) in [5.74, 6) is 1.15. The van der Waals surface area contributed by atoms with Crippen LogP contribution in [0.2, 0.25) is 5.15 Å². The van der Waals surface area contributed by atoms with Gasteiger partial charge in [0.15, 0.2) is 0 Å². The van der Waals surface area contributed by atoms with Gasteiger partial charge in [-0.1, -0.05) is 31.5 Å². The number of aliphatic hydroxyl groups is 1. The molecule has 19 heavy (non-hydrogen) atoms. The molecule has 2 atom stereocenters. The van der Waals surface area contributed by atoms with Crippen molar-refractivity contribution >= 4 is 11.6 Å². The predicted octanol–water partition coefficient (Wildman–Crippen LogP) is 3.43. The molecule has 0 bridgehead atoms. The van der Waals surface area contributed by atoms with Gasteiger partial charge in [0.05, 0.1) is 0 Å². The Morgan fingerprint density at radius 2 is 2.11 bits per heavy atom. The Balaban J connectivity index is 2.51. The lowest BCUT2D eigenvalue weighted by atomic mass is 9.94.